The molecular formula is C11H22Cl2N4O2. The predicted octanol–water partition coefficient (Wildman–Crippen LogP) is 0.467. The molecule has 0 spiro atoms. The first-order valence-electron chi connectivity index (χ1n) is 5.67. The van der Waals surface area contributed by atoms with Gasteiger partial charge in [0.15, 0.2) is 0 Å². The number of amides is 1. The molecule has 0 aliphatic carbocycles. The van der Waals surface area contributed by atoms with Crippen molar-refractivity contribution >= 4 is 30.7 Å². The first-order chi connectivity index (χ1) is 8.22. The topological polar surface area (TPSA) is 68.2 Å². The highest BCUT2D eigenvalue weighted by molar-refractivity contribution is 5.85. The minimum absolute atomic E-state index is 0. The molecule has 0 aromatic carbocycles. The largest absolute Gasteiger partial charge is 0.383 e. The lowest BCUT2D eigenvalue weighted by molar-refractivity contribution is -0.120. The van der Waals surface area contributed by atoms with E-state index in [1.807, 2.05) is 17.7 Å². The molecule has 19 heavy (non-hydrogen) atoms. The monoisotopic (exact) mass is 312 g/mol. The minimum atomic E-state index is -0.00582. The van der Waals surface area contributed by atoms with E-state index in [1.54, 1.807) is 19.6 Å². The molecule has 1 unspecified atom stereocenters. The lowest BCUT2D eigenvalue weighted by Crippen LogP contribution is -2.41. The molecule has 2 N–H and O–H groups in total. The van der Waals surface area contributed by atoms with Crippen LogP contribution >= 0.6 is 24.8 Å². The molecule has 1 rings (SSSR count). The van der Waals surface area contributed by atoms with E-state index < -0.39 is 0 Å². The van der Waals surface area contributed by atoms with E-state index in [1.165, 1.54) is 0 Å². The average Bonchev–Trinajstić information content (AvgIpc) is 2.77. The zero-order valence-electron chi connectivity index (χ0n) is 11.2. The molecule has 0 saturated heterocycles. The maximum Gasteiger partial charge on any atom is 0.234 e. The molecule has 0 aliphatic rings. The number of aromatic nitrogens is 2. The van der Waals surface area contributed by atoms with Gasteiger partial charge in [-0.3, -0.25) is 4.79 Å². The number of rotatable bonds is 8. The van der Waals surface area contributed by atoms with Crippen LogP contribution in [-0.2, 0) is 16.1 Å². The standard InChI is InChI=1S/C11H20N4O2.2ClH/c1-10(8-15-5-3-13-9-15)14-11(16)7-12-4-6-17-2;;/h3,5,9-10,12H,4,6-8H2,1-2H3,(H,14,16);2*1H. The molecule has 8 heteroatoms. The van der Waals surface area contributed by atoms with Crippen molar-refractivity contribution in [3.63, 3.8) is 0 Å². The van der Waals surface area contributed by atoms with Crippen LogP contribution in [0.3, 0.4) is 0 Å². The summed E-state index contributed by atoms with van der Waals surface area (Å²) in [4.78, 5) is 15.5. The van der Waals surface area contributed by atoms with Crippen LogP contribution in [0.2, 0.25) is 0 Å². The van der Waals surface area contributed by atoms with Gasteiger partial charge < -0.3 is 19.9 Å². The van der Waals surface area contributed by atoms with Crippen molar-refractivity contribution in [2.24, 2.45) is 0 Å². The Morgan fingerprint density at radius 2 is 2.21 bits per heavy atom. The molecule has 0 aliphatic heterocycles. The van der Waals surface area contributed by atoms with Gasteiger partial charge in [0.05, 0.1) is 19.5 Å². The minimum Gasteiger partial charge on any atom is -0.383 e. The molecule has 1 atom stereocenters. The van der Waals surface area contributed by atoms with Crippen molar-refractivity contribution in [1.82, 2.24) is 20.2 Å². The molecule has 1 aromatic heterocycles. The molecule has 1 aromatic rings. The van der Waals surface area contributed by atoms with Crippen LogP contribution in [0.1, 0.15) is 6.92 Å². The highest BCUT2D eigenvalue weighted by atomic mass is 35.5. The number of hydrogen-bond donors (Lipinski definition) is 2. The second kappa shape index (κ2) is 12.2. The van der Waals surface area contributed by atoms with Crippen molar-refractivity contribution in [1.29, 1.82) is 0 Å². The Bertz CT molecular complexity index is 323. The third-order valence-electron chi connectivity index (χ3n) is 2.22. The fraction of sp³-hybridized carbons (Fsp3) is 0.636. The van der Waals surface area contributed by atoms with Crippen molar-refractivity contribution in [3.05, 3.63) is 18.7 Å². The van der Waals surface area contributed by atoms with Crippen LogP contribution in [0.15, 0.2) is 18.7 Å². The predicted molar refractivity (Wildman–Crippen MR) is 79.1 cm³/mol. The van der Waals surface area contributed by atoms with Gasteiger partial charge in [-0.25, -0.2) is 4.98 Å². The van der Waals surface area contributed by atoms with E-state index in [0.29, 0.717) is 19.7 Å². The van der Waals surface area contributed by atoms with Gasteiger partial charge in [0, 0.05) is 38.6 Å². The van der Waals surface area contributed by atoms with Crippen molar-refractivity contribution in [2.45, 2.75) is 19.5 Å². The summed E-state index contributed by atoms with van der Waals surface area (Å²) in [5.41, 5.74) is 0. The fourth-order valence-corrected chi connectivity index (χ4v) is 1.46. The molecule has 1 heterocycles. The Hall–Kier alpha value is -0.820. The van der Waals surface area contributed by atoms with Gasteiger partial charge >= 0.3 is 0 Å². The summed E-state index contributed by atoms with van der Waals surface area (Å²) < 4.78 is 6.80. The number of hydrogen-bond acceptors (Lipinski definition) is 4. The SMILES string of the molecule is COCCNCC(=O)NC(C)Cn1ccnc1.Cl.Cl. The van der Waals surface area contributed by atoms with Gasteiger partial charge in [0.25, 0.3) is 0 Å². The van der Waals surface area contributed by atoms with Crippen LogP contribution < -0.4 is 10.6 Å². The Balaban J connectivity index is 0. The number of carbonyl (C=O) groups excluding carboxylic acids is 1. The van der Waals surface area contributed by atoms with Crippen molar-refractivity contribution in [2.75, 3.05) is 26.8 Å². The number of carbonyl (C=O) groups is 1. The highest BCUT2D eigenvalue weighted by Gasteiger charge is 2.06. The molecule has 6 nitrogen and oxygen atoms in total. The van der Waals surface area contributed by atoms with Crippen molar-refractivity contribution in [3.8, 4) is 0 Å². The maximum absolute atomic E-state index is 11.5. The number of nitrogens with one attached hydrogen (secondary N) is 2. The summed E-state index contributed by atoms with van der Waals surface area (Å²) >= 11 is 0. The lowest BCUT2D eigenvalue weighted by atomic mass is 10.3. The zero-order chi connectivity index (χ0) is 12.5. The zero-order valence-corrected chi connectivity index (χ0v) is 12.8. The molecule has 0 bridgehead atoms. The Morgan fingerprint density at radius 3 is 2.79 bits per heavy atom. The first kappa shape index (κ1) is 20.5. The normalized spacial score (nSPS) is 11.1. The summed E-state index contributed by atoms with van der Waals surface area (Å²) in [5, 5.41) is 5.90. The summed E-state index contributed by atoms with van der Waals surface area (Å²) in [5.74, 6) is -0.00582. The average molecular weight is 313 g/mol. The highest BCUT2D eigenvalue weighted by Crippen LogP contribution is 1.91. The smallest absolute Gasteiger partial charge is 0.234 e. The Kier molecular flexibility index (Phi) is 13.2. The summed E-state index contributed by atoms with van der Waals surface area (Å²) in [7, 11) is 1.63. The molecular weight excluding hydrogens is 291 g/mol. The lowest BCUT2D eigenvalue weighted by Gasteiger charge is -2.14. The fourth-order valence-electron chi connectivity index (χ4n) is 1.46. The van der Waals surface area contributed by atoms with Crippen LogP contribution in [0.4, 0.5) is 0 Å². The Labute approximate surface area is 126 Å². The van der Waals surface area contributed by atoms with Gasteiger partial charge in [-0.15, -0.1) is 24.8 Å². The summed E-state index contributed by atoms with van der Waals surface area (Å²) in [6.07, 6.45) is 5.33. The van der Waals surface area contributed by atoms with E-state index in [2.05, 4.69) is 15.6 Å². The van der Waals surface area contributed by atoms with Crippen molar-refractivity contribution < 1.29 is 9.53 Å². The van der Waals surface area contributed by atoms with Gasteiger partial charge in [-0.2, -0.15) is 0 Å². The quantitative estimate of drug-likeness (QED) is 0.685. The second-order valence-electron chi connectivity index (χ2n) is 3.90. The van der Waals surface area contributed by atoms with Crippen LogP contribution in [-0.4, -0.2) is 48.3 Å². The van der Waals surface area contributed by atoms with E-state index >= 15 is 0 Å². The number of imidazole rings is 1. The Morgan fingerprint density at radius 1 is 1.47 bits per heavy atom. The van der Waals surface area contributed by atoms with E-state index in [-0.39, 0.29) is 36.8 Å². The second-order valence-corrected chi connectivity index (χ2v) is 3.90. The number of ether oxygens (including phenoxy) is 1. The van der Waals surface area contributed by atoms with Crippen LogP contribution in [0.5, 0.6) is 0 Å². The molecule has 1 amide bonds. The van der Waals surface area contributed by atoms with E-state index in [9.17, 15) is 4.79 Å². The van der Waals surface area contributed by atoms with Gasteiger partial charge in [-0.1, -0.05) is 0 Å². The van der Waals surface area contributed by atoms with E-state index in [4.69, 9.17) is 4.74 Å². The van der Waals surface area contributed by atoms with Crippen LogP contribution in [0.25, 0.3) is 0 Å². The van der Waals surface area contributed by atoms with Gasteiger partial charge in [0.1, 0.15) is 0 Å². The molecule has 0 saturated carbocycles. The number of halogens is 2. The number of methoxy groups -OCH3 is 1. The summed E-state index contributed by atoms with van der Waals surface area (Å²) in [6, 6.07) is 0.0842. The third-order valence-corrected chi connectivity index (χ3v) is 2.22. The molecule has 0 fully saturated rings. The van der Waals surface area contributed by atoms with Gasteiger partial charge in [0.2, 0.25) is 5.91 Å². The van der Waals surface area contributed by atoms with Crippen LogP contribution in [0, 0.1) is 0 Å². The number of nitrogens with zero attached hydrogens (tertiary/aromatic N) is 2. The summed E-state index contributed by atoms with van der Waals surface area (Å²) in [6.45, 7) is 4.30. The van der Waals surface area contributed by atoms with Gasteiger partial charge in [-0.05, 0) is 6.92 Å². The molecule has 112 valence electrons. The molecule has 0 radical (unpaired) electrons. The van der Waals surface area contributed by atoms with E-state index in [0.717, 1.165) is 6.54 Å². The maximum atomic E-state index is 11.5. The third kappa shape index (κ3) is 9.72. The first-order valence-corrected chi connectivity index (χ1v) is 5.67.